The highest BCUT2D eigenvalue weighted by Crippen LogP contribution is 2.19. The zero-order valence-corrected chi connectivity index (χ0v) is 12.4. The number of nitrogens with zero attached hydrogens (tertiary/aromatic N) is 2. The molecule has 1 saturated heterocycles. The van der Waals surface area contributed by atoms with Crippen LogP contribution in [0, 0.1) is 0 Å². The smallest absolute Gasteiger partial charge is 0.242 e. The van der Waals surface area contributed by atoms with Gasteiger partial charge in [0.2, 0.25) is 5.91 Å². The van der Waals surface area contributed by atoms with E-state index in [2.05, 4.69) is 10.3 Å². The summed E-state index contributed by atoms with van der Waals surface area (Å²) in [6, 6.07) is 2.86. The van der Waals surface area contributed by atoms with Crippen LogP contribution >= 0.6 is 0 Å². The molecule has 1 aromatic rings. The first-order valence-corrected chi connectivity index (χ1v) is 8.28. The zero-order chi connectivity index (χ0) is 14.8. The number of aromatic nitrogens is 1. The lowest BCUT2D eigenvalue weighted by molar-refractivity contribution is -0.126. The van der Waals surface area contributed by atoms with Gasteiger partial charge in [0, 0.05) is 18.4 Å². The van der Waals surface area contributed by atoms with Gasteiger partial charge in [0.05, 0.1) is 11.5 Å². The van der Waals surface area contributed by atoms with Gasteiger partial charge in [-0.15, -0.1) is 0 Å². The van der Waals surface area contributed by atoms with Crippen molar-refractivity contribution in [2.45, 2.75) is 18.5 Å². The van der Waals surface area contributed by atoms with Crippen LogP contribution in [0.4, 0.5) is 0 Å². The summed E-state index contributed by atoms with van der Waals surface area (Å²) >= 11 is 0. The third-order valence-corrected chi connectivity index (χ3v) is 5.11. The normalized spacial score (nSPS) is 22.6. The largest absolute Gasteiger partial charge is 0.351 e. The van der Waals surface area contributed by atoms with Crippen molar-refractivity contribution in [3.63, 3.8) is 0 Å². The van der Waals surface area contributed by atoms with Crippen molar-refractivity contribution in [3.05, 3.63) is 30.1 Å². The van der Waals surface area contributed by atoms with E-state index >= 15 is 0 Å². The maximum absolute atomic E-state index is 12.4. The van der Waals surface area contributed by atoms with Crippen LogP contribution in [0.25, 0.3) is 0 Å². The molecule has 0 aromatic carbocycles. The summed E-state index contributed by atoms with van der Waals surface area (Å²) in [5.74, 6) is -0.00580. The lowest BCUT2D eigenvalue weighted by Crippen LogP contribution is -2.42. The van der Waals surface area contributed by atoms with Gasteiger partial charge in [0.25, 0.3) is 0 Å². The number of nitrogens with one attached hydrogen (secondary N) is 1. The quantitative estimate of drug-likeness (QED) is 0.845. The molecule has 6 nitrogen and oxygen atoms in total. The van der Waals surface area contributed by atoms with Crippen LogP contribution in [0.5, 0.6) is 0 Å². The Bertz CT molecular complexity index is 572. The Morgan fingerprint density at radius 3 is 2.75 bits per heavy atom. The Kier molecular flexibility index (Phi) is 4.39. The highest BCUT2D eigenvalue weighted by molar-refractivity contribution is 7.91. The number of pyridine rings is 1. The van der Waals surface area contributed by atoms with Crippen molar-refractivity contribution in [3.8, 4) is 0 Å². The maximum atomic E-state index is 12.4. The van der Waals surface area contributed by atoms with Crippen LogP contribution in [-0.4, -0.2) is 55.9 Å². The fraction of sp³-hybridized carbons (Fsp3) is 0.538. The minimum atomic E-state index is -2.99. The summed E-state index contributed by atoms with van der Waals surface area (Å²) in [6.07, 6.45) is 3.79. The number of carbonyl (C=O) groups excluding carboxylic acids is 1. The van der Waals surface area contributed by atoms with Gasteiger partial charge >= 0.3 is 0 Å². The minimum Gasteiger partial charge on any atom is -0.351 e. The molecule has 0 radical (unpaired) electrons. The van der Waals surface area contributed by atoms with Crippen LogP contribution < -0.4 is 5.32 Å². The van der Waals surface area contributed by atoms with E-state index in [0.29, 0.717) is 6.42 Å². The van der Waals surface area contributed by atoms with E-state index in [0.717, 1.165) is 5.56 Å². The minimum absolute atomic E-state index is 0.0337. The first kappa shape index (κ1) is 14.9. The summed E-state index contributed by atoms with van der Waals surface area (Å²) in [5.41, 5.74) is 0.788. The second kappa shape index (κ2) is 5.88. The van der Waals surface area contributed by atoms with Gasteiger partial charge < -0.3 is 5.32 Å². The van der Waals surface area contributed by atoms with Gasteiger partial charge in [-0.3, -0.25) is 14.7 Å². The Morgan fingerprint density at radius 2 is 2.25 bits per heavy atom. The average Bonchev–Trinajstić information content (AvgIpc) is 2.69. The van der Waals surface area contributed by atoms with E-state index in [1.807, 2.05) is 20.2 Å². The van der Waals surface area contributed by atoms with E-state index in [4.69, 9.17) is 0 Å². The van der Waals surface area contributed by atoms with Crippen LogP contribution in [0.2, 0.25) is 0 Å². The summed E-state index contributed by atoms with van der Waals surface area (Å²) in [7, 11) is 0.624. The van der Waals surface area contributed by atoms with E-state index in [1.54, 1.807) is 23.4 Å². The van der Waals surface area contributed by atoms with Gasteiger partial charge in [0.15, 0.2) is 9.84 Å². The lowest BCUT2D eigenvalue weighted by atomic mass is 10.1. The molecule has 1 aromatic heterocycles. The molecule has 2 heterocycles. The van der Waals surface area contributed by atoms with Gasteiger partial charge in [-0.05, 0) is 32.1 Å². The van der Waals surface area contributed by atoms with E-state index in [1.165, 1.54) is 0 Å². The van der Waals surface area contributed by atoms with E-state index < -0.39 is 15.9 Å². The molecule has 20 heavy (non-hydrogen) atoms. The summed E-state index contributed by atoms with van der Waals surface area (Å²) < 4.78 is 22.8. The molecule has 0 bridgehead atoms. The summed E-state index contributed by atoms with van der Waals surface area (Å²) in [6.45, 7) is 0. The molecule has 1 fully saturated rings. The molecule has 0 aliphatic carbocycles. The van der Waals surface area contributed by atoms with Gasteiger partial charge in [0.1, 0.15) is 6.04 Å². The molecule has 110 valence electrons. The van der Waals surface area contributed by atoms with Gasteiger partial charge in [-0.25, -0.2) is 8.42 Å². The molecule has 2 atom stereocenters. The number of hydrogen-bond donors (Lipinski definition) is 1. The predicted octanol–water partition coefficient (Wildman–Crippen LogP) is -0.0124. The van der Waals surface area contributed by atoms with Crippen molar-refractivity contribution in [2.24, 2.45) is 0 Å². The fourth-order valence-corrected chi connectivity index (χ4v) is 4.08. The number of hydrogen-bond acceptors (Lipinski definition) is 5. The number of rotatable bonds is 4. The van der Waals surface area contributed by atoms with Crippen molar-refractivity contribution in [1.29, 1.82) is 0 Å². The predicted molar refractivity (Wildman–Crippen MR) is 75.9 cm³/mol. The van der Waals surface area contributed by atoms with Crippen LogP contribution in [0.1, 0.15) is 18.0 Å². The topological polar surface area (TPSA) is 79.4 Å². The third-order valence-electron chi connectivity index (χ3n) is 3.34. The molecule has 2 unspecified atom stereocenters. The van der Waals surface area contributed by atoms with Crippen molar-refractivity contribution in [2.75, 3.05) is 25.6 Å². The first-order chi connectivity index (χ1) is 9.39. The molecule has 1 aliphatic heterocycles. The lowest BCUT2D eigenvalue weighted by Gasteiger charge is -2.25. The monoisotopic (exact) mass is 297 g/mol. The van der Waals surface area contributed by atoms with Crippen LogP contribution in [-0.2, 0) is 14.6 Å². The molecule has 0 spiro atoms. The molecule has 1 aliphatic rings. The number of sulfone groups is 1. The standard InChI is InChI=1S/C13H19N3O3S/c1-16(2)12(10-4-3-6-14-8-10)13(17)15-11-5-7-20(18,19)9-11/h3-4,6,8,11-12H,5,7,9H2,1-2H3,(H,15,17). The average molecular weight is 297 g/mol. The summed E-state index contributed by atoms with van der Waals surface area (Å²) in [4.78, 5) is 18.2. The second-order valence-corrected chi connectivity index (χ2v) is 7.49. The number of amides is 1. The molecule has 0 saturated carbocycles. The maximum Gasteiger partial charge on any atom is 0.242 e. The first-order valence-electron chi connectivity index (χ1n) is 6.46. The van der Waals surface area contributed by atoms with Crippen molar-refractivity contribution >= 4 is 15.7 Å². The van der Waals surface area contributed by atoms with Crippen LogP contribution in [0.15, 0.2) is 24.5 Å². The van der Waals surface area contributed by atoms with E-state index in [-0.39, 0.29) is 23.5 Å². The molecule has 1 N–H and O–H groups in total. The van der Waals surface area contributed by atoms with Crippen molar-refractivity contribution in [1.82, 2.24) is 15.2 Å². The Hall–Kier alpha value is -1.47. The second-order valence-electron chi connectivity index (χ2n) is 5.26. The Labute approximate surface area is 119 Å². The number of carbonyl (C=O) groups is 1. The highest BCUT2D eigenvalue weighted by atomic mass is 32.2. The fourth-order valence-electron chi connectivity index (χ4n) is 2.41. The third kappa shape index (κ3) is 3.55. The number of likely N-dealkylation sites (N-methyl/N-ethyl adjacent to an activating group) is 1. The molecular formula is C13H19N3O3S. The van der Waals surface area contributed by atoms with Gasteiger partial charge in [-0.1, -0.05) is 6.07 Å². The molecule has 1 amide bonds. The van der Waals surface area contributed by atoms with Gasteiger partial charge in [-0.2, -0.15) is 0 Å². The van der Waals surface area contributed by atoms with Crippen LogP contribution in [0.3, 0.4) is 0 Å². The SMILES string of the molecule is CN(C)C(C(=O)NC1CCS(=O)(=O)C1)c1cccnc1. The molecular weight excluding hydrogens is 278 g/mol. The summed E-state index contributed by atoms with van der Waals surface area (Å²) in [5, 5.41) is 2.83. The molecule has 7 heteroatoms. The van der Waals surface area contributed by atoms with E-state index in [9.17, 15) is 13.2 Å². The Morgan fingerprint density at radius 1 is 1.50 bits per heavy atom. The Balaban J connectivity index is 2.09. The van der Waals surface area contributed by atoms with Crippen molar-refractivity contribution < 1.29 is 13.2 Å². The highest BCUT2D eigenvalue weighted by Gasteiger charge is 2.31. The molecule has 2 rings (SSSR count). The zero-order valence-electron chi connectivity index (χ0n) is 11.6.